The Bertz CT molecular complexity index is 822. The molecule has 1 atom stereocenters. The SMILES string of the molecule is COC(=O)N1CCc2ccccc2[C@H]1C(=O)Nc1cccc(Cl)c1C. The van der Waals surface area contributed by atoms with Crippen LogP contribution in [-0.4, -0.2) is 30.6 Å². The van der Waals surface area contributed by atoms with Gasteiger partial charge in [0.25, 0.3) is 5.91 Å². The van der Waals surface area contributed by atoms with Gasteiger partial charge in [0.2, 0.25) is 0 Å². The fourth-order valence-electron chi connectivity index (χ4n) is 3.11. The second-order valence-corrected chi connectivity index (χ2v) is 6.32. The summed E-state index contributed by atoms with van der Waals surface area (Å²) in [6.07, 6.45) is 0.170. The Labute approximate surface area is 151 Å². The Morgan fingerprint density at radius 3 is 2.72 bits per heavy atom. The van der Waals surface area contributed by atoms with E-state index in [1.807, 2.05) is 31.2 Å². The van der Waals surface area contributed by atoms with Crippen LogP contribution < -0.4 is 5.32 Å². The van der Waals surface area contributed by atoms with Crippen LogP contribution in [0.2, 0.25) is 5.02 Å². The summed E-state index contributed by atoms with van der Waals surface area (Å²) in [7, 11) is 1.32. The molecule has 3 rings (SSSR count). The summed E-state index contributed by atoms with van der Waals surface area (Å²) in [4.78, 5) is 26.6. The van der Waals surface area contributed by atoms with Gasteiger partial charge in [-0.25, -0.2) is 4.79 Å². The number of hydrogen-bond donors (Lipinski definition) is 1. The van der Waals surface area contributed by atoms with Crippen molar-refractivity contribution in [2.45, 2.75) is 19.4 Å². The monoisotopic (exact) mass is 358 g/mol. The highest BCUT2D eigenvalue weighted by Gasteiger charge is 2.36. The third-order valence-electron chi connectivity index (χ3n) is 4.47. The number of anilines is 1. The molecule has 130 valence electrons. The first-order chi connectivity index (χ1) is 12.0. The van der Waals surface area contributed by atoms with Gasteiger partial charge in [0.1, 0.15) is 6.04 Å². The molecule has 1 aliphatic rings. The van der Waals surface area contributed by atoms with Crippen LogP contribution in [0.4, 0.5) is 10.5 Å². The predicted molar refractivity (Wildman–Crippen MR) is 96.8 cm³/mol. The first kappa shape index (κ1) is 17.3. The average Bonchev–Trinajstić information content (AvgIpc) is 2.63. The Balaban J connectivity index is 1.97. The van der Waals surface area contributed by atoms with E-state index in [0.717, 1.165) is 16.7 Å². The second kappa shape index (κ2) is 7.15. The molecule has 0 saturated carbocycles. The summed E-state index contributed by atoms with van der Waals surface area (Å²) < 4.78 is 4.86. The Morgan fingerprint density at radius 2 is 1.96 bits per heavy atom. The Morgan fingerprint density at radius 1 is 1.20 bits per heavy atom. The van der Waals surface area contributed by atoms with Gasteiger partial charge in [0.05, 0.1) is 7.11 Å². The highest BCUT2D eigenvalue weighted by atomic mass is 35.5. The van der Waals surface area contributed by atoms with Gasteiger partial charge in [0.15, 0.2) is 0 Å². The van der Waals surface area contributed by atoms with Gasteiger partial charge in [-0.15, -0.1) is 0 Å². The summed E-state index contributed by atoms with van der Waals surface area (Å²) in [5, 5.41) is 3.47. The molecule has 5 nitrogen and oxygen atoms in total. The number of methoxy groups -OCH3 is 1. The zero-order valence-corrected chi connectivity index (χ0v) is 14.8. The van der Waals surface area contributed by atoms with Crippen LogP contribution in [-0.2, 0) is 16.0 Å². The summed E-state index contributed by atoms with van der Waals surface area (Å²) in [6.45, 7) is 2.27. The fraction of sp³-hybridized carbons (Fsp3) is 0.263. The van der Waals surface area contributed by atoms with Gasteiger partial charge < -0.3 is 10.1 Å². The lowest BCUT2D eigenvalue weighted by atomic mass is 9.92. The van der Waals surface area contributed by atoms with E-state index in [4.69, 9.17) is 16.3 Å². The number of halogens is 1. The zero-order chi connectivity index (χ0) is 18.0. The van der Waals surface area contributed by atoms with Crippen molar-refractivity contribution in [2.24, 2.45) is 0 Å². The van der Waals surface area contributed by atoms with E-state index in [2.05, 4.69) is 5.32 Å². The minimum absolute atomic E-state index is 0.289. The largest absolute Gasteiger partial charge is 0.453 e. The number of nitrogens with zero attached hydrogens (tertiary/aromatic N) is 1. The summed E-state index contributed by atoms with van der Waals surface area (Å²) in [5.74, 6) is -0.289. The third-order valence-corrected chi connectivity index (χ3v) is 4.88. The lowest BCUT2D eigenvalue weighted by molar-refractivity contribution is -0.121. The maximum atomic E-state index is 13.0. The van der Waals surface area contributed by atoms with Gasteiger partial charge in [-0.2, -0.15) is 0 Å². The number of nitrogens with one attached hydrogen (secondary N) is 1. The number of benzene rings is 2. The van der Waals surface area contributed by atoms with E-state index in [0.29, 0.717) is 23.7 Å². The first-order valence-electron chi connectivity index (χ1n) is 8.01. The van der Waals surface area contributed by atoms with E-state index in [1.54, 1.807) is 18.2 Å². The smallest absolute Gasteiger partial charge is 0.410 e. The molecule has 0 aromatic heterocycles. The summed E-state index contributed by atoms with van der Waals surface area (Å²) >= 11 is 6.13. The van der Waals surface area contributed by atoms with Crippen molar-refractivity contribution in [1.82, 2.24) is 4.90 Å². The number of fused-ring (bicyclic) bond motifs is 1. The number of amides is 2. The molecule has 0 aliphatic carbocycles. The molecule has 1 aliphatic heterocycles. The molecule has 0 fully saturated rings. The molecule has 2 amide bonds. The maximum Gasteiger partial charge on any atom is 0.410 e. The van der Waals surface area contributed by atoms with Crippen LogP contribution >= 0.6 is 11.6 Å². The predicted octanol–water partition coefficient (Wildman–Crippen LogP) is 3.95. The topological polar surface area (TPSA) is 58.6 Å². The number of rotatable bonds is 2. The minimum atomic E-state index is -0.740. The van der Waals surface area contributed by atoms with Crippen molar-refractivity contribution in [1.29, 1.82) is 0 Å². The molecule has 1 heterocycles. The van der Waals surface area contributed by atoms with Gasteiger partial charge in [-0.1, -0.05) is 41.9 Å². The van der Waals surface area contributed by atoms with E-state index in [-0.39, 0.29) is 5.91 Å². The fourth-order valence-corrected chi connectivity index (χ4v) is 3.28. The number of carbonyl (C=O) groups excluding carboxylic acids is 2. The van der Waals surface area contributed by atoms with Crippen LogP contribution in [0, 0.1) is 6.92 Å². The average molecular weight is 359 g/mol. The van der Waals surface area contributed by atoms with E-state index < -0.39 is 12.1 Å². The molecule has 1 N–H and O–H groups in total. The lowest BCUT2D eigenvalue weighted by Gasteiger charge is -2.35. The van der Waals surface area contributed by atoms with Crippen LogP contribution in [0.15, 0.2) is 42.5 Å². The van der Waals surface area contributed by atoms with Gasteiger partial charge in [-0.05, 0) is 42.2 Å². The molecule has 25 heavy (non-hydrogen) atoms. The number of carbonyl (C=O) groups is 2. The molecule has 2 aromatic rings. The number of hydrogen-bond acceptors (Lipinski definition) is 3. The van der Waals surface area contributed by atoms with Gasteiger partial charge >= 0.3 is 6.09 Å². The van der Waals surface area contributed by atoms with Crippen molar-refractivity contribution in [3.63, 3.8) is 0 Å². The zero-order valence-electron chi connectivity index (χ0n) is 14.1. The summed E-state index contributed by atoms with van der Waals surface area (Å²) in [5.41, 5.74) is 3.29. The second-order valence-electron chi connectivity index (χ2n) is 5.92. The van der Waals surface area contributed by atoms with Gasteiger partial charge in [-0.3, -0.25) is 9.69 Å². The molecule has 0 radical (unpaired) electrons. The molecular formula is C19H19ClN2O3. The van der Waals surface area contributed by atoms with Crippen LogP contribution in [0.25, 0.3) is 0 Å². The minimum Gasteiger partial charge on any atom is -0.453 e. The van der Waals surface area contributed by atoms with Crippen molar-refractivity contribution in [3.8, 4) is 0 Å². The molecule has 6 heteroatoms. The van der Waals surface area contributed by atoms with Crippen molar-refractivity contribution in [2.75, 3.05) is 19.0 Å². The first-order valence-corrected chi connectivity index (χ1v) is 8.39. The van der Waals surface area contributed by atoms with Gasteiger partial charge in [0, 0.05) is 17.3 Å². The normalized spacial score (nSPS) is 16.1. The highest BCUT2D eigenvalue weighted by molar-refractivity contribution is 6.31. The van der Waals surface area contributed by atoms with Crippen molar-refractivity contribution in [3.05, 3.63) is 64.2 Å². The molecule has 0 saturated heterocycles. The van der Waals surface area contributed by atoms with Crippen molar-refractivity contribution >= 4 is 29.3 Å². The van der Waals surface area contributed by atoms with E-state index in [1.165, 1.54) is 12.0 Å². The maximum absolute atomic E-state index is 13.0. The number of ether oxygens (including phenoxy) is 1. The molecule has 0 spiro atoms. The van der Waals surface area contributed by atoms with Crippen LogP contribution in [0.5, 0.6) is 0 Å². The molecule has 0 unspecified atom stereocenters. The Kier molecular flexibility index (Phi) is 4.95. The quantitative estimate of drug-likeness (QED) is 0.884. The van der Waals surface area contributed by atoms with Crippen LogP contribution in [0.1, 0.15) is 22.7 Å². The van der Waals surface area contributed by atoms with Crippen LogP contribution in [0.3, 0.4) is 0 Å². The molecular weight excluding hydrogens is 340 g/mol. The molecule has 0 bridgehead atoms. The van der Waals surface area contributed by atoms with E-state index in [9.17, 15) is 9.59 Å². The lowest BCUT2D eigenvalue weighted by Crippen LogP contribution is -2.45. The molecule has 2 aromatic carbocycles. The van der Waals surface area contributed by atoms with Crippen molar-refractivity contribution < 1.29 is 14.3 Å². The highest BCUT2D eigenvalue weighted by Crippen LogP contribution is 2.32. The van der Waals surface area contributed by atoms with E-state index >= 15 is 0 Å². The third kappa shape index (κ3) is 3.33. The Hall–Kier alpha value is -2.53. The summed E-state index contributed by atoms with van der Waals surface area (Å²) in [6, 6.07) is 12.2. The standard InChI is InChI=1S/C19H19ClN2O3/c1-12-15(20)8-5-9-16(12)21-18(23)17-14-7-4-3-6-13(14)10-11-22(17)19(24)25-2/h3-9,17H,10-11H2,1-2H3,(H,21,23)/t17-/m0/s1.